The third-order valence-corrected chi connectivity index (χ3v) is 3.21. The summed E-state index contributed by atoms with van der Waals surface area (Å²) in [5.41, 5.74) is -0.294. The third kappa shape index (κ3) is 3.96. The van der Waals surface area contributed by atoms with E-state index in [1.165, 1.54) is 13.8 Å². The number of hydrogen-bond acceptors (Lipinski definition) is 3. The second kappa shape index (κ2) is 6.06. The van der Waals surface area contributed by atoms with E-state index in [4.69, 9.17) is 4.74 Å². The zero-order valence-electron chi connectivity index (χ0n) is 12.3. The predicted molar refractivity (Wildman–Crippen MR) is 75.2 cm³/mol. The minimum atomic E-state index is -1.34. The number of methoxy groups -OCH3 is 1. The summed E-state index contributed by atoms with van der Waals surface area (Å²) in [5.74, 6) is 0.536. The van der Waals surface area contributed by atoms with E-state index in [2.05, 4.69) is 0 Å². The van der Waals surface area contributed by atoms with Crippen molar-refractivity contribution in [3.63, 3.8) is 0 Å². The molecule has 4 nitrogen and oxygen atoms in total. The molecule has 19 heavy (non-hydrogen) atoms. The van der Waals surface area contributed by atoms with Gasteiger partial charge >= 0.3 is 0 Å². The number of para-hydroxylation sites is 1. The normalized spacial score (nSPS) is 12.9. The monoisotopic (exact) mass is 265 g/mol. The van der Waals surface area contributed by atoms with Crippen molar-refractivity contribution in [2.24, 2.45) is 0 Å². The van der Waals surface area contributed by atoms with Crippen LogP contribution in [0.1, 0.15) is 26.3 Å². The molecule has 0 spiro atoms. The number of carbonyl (C=O) groups is 1. The fourth-order valence-electron chi connectivity index (χ4n) is 1.96. The van der Waals surface area contributed by atoms with Gasteiger partial charge in [-0.05, 0) is 38.8 Å². The molecule has 1 rings (SSSR count). The molecule has 0 aliphatic heterocycles. The first-order chi connectivity index (χ1) is 8.77. The van der Waals surface area contributed by atoms with Crippen LogP contribution in [0.5, 0.6) is 5.75 Å². The zero-order chi connectivity index (χ0) is 14.6. The van der Waals surface area contributed by atoms with Gasteiger partial charge in [0.15, 0.2) is 0 Å². The van der Waals surface area contributed by atoms with Crippen molar-refractivity contribution in [3.8, 4) is 5.75 Å². The topological polar surface area (TPSA) is 49.8 Å². The lowest BCUT2D eigenvalue weighted by Crippen LogP contribution is -2.47. The Hall–Kier alpha value is -1.55. The van der Waals surface area contributed by atoms with Crippen LogP contribution in [-0.2, 0) is 11.2 Å². The molecule has 0 aromatic heterocycles. The van der Waals surface area contributed by atoms with Gasteiger partial charge in [0.2, 0.25) is 0 Å². The van der Waals surface area contributed by atoms with Crippen LogP contribution in [0, 0.1) is 0 Å². The van der Waals surface area contributed by atoms with Crippen molar-refractivity contribution in [1.82, 2.24) is 4.90 Å². The Labute approximate surface area is 115 Å². The first-order valence-electron chi connectivity index (χ1n) is 6.39. The number of nitrogens with zero attached hydrogens (tertiary/aromatic N) is 1. The summed E-state index contributed by atoms with van der Waals surface area (Å²) >= 11 is 0. The van der Waals surface area contributed by atoms with Gasteiger partial charge in [-0.25, -0.2) is 0 Å². The summed E-state index contributed by atoms with van der Waals surface area (Å²) in [4.78, 5) is 13.6. The first-order valence-corrected chi connectivity index (χ1v) is 6.39. The number of ether oxygens (including phenoxy) is 1. The number of amides is 1. The van der Waals surface area contributed by atoms with E-state index < -0.39 is 5.60 Å². The van der Waals surface area contributed by atoms with Gasteiger partial charge in [-0.1, -0.05) is 18.2 Å². The second-order valence-corrected chi connectivity index (χ2v) is 5.34. The summed E-state index contributed by atoms with van der Waals surface area (Å²) in [7, 11) is 3.34. The van der Waals surface area contributed by atoms with Gasteiger partial charge in [0, 0.05) is 13.1 Å². The lowest BCUT2D eigenvalue weighted by atomic mass is 10.0. The first kappa shape index (κ1) is 15.5. The van der Waals surface area contributed by atoms with E-state index in [1.54, 1.807) is 19.1 Å². The Morgan fingerprint density at radius 2 is 2.00 bits per heavy atom. The van der Waals surface area contributed by atoms with Crippen molar-refractivity contribution in [1.29, 1.82) is 0 Å². The van der Waals surface area contributed by atoms with Crippen LogP contribution in [-0.4, -0.2) is 41.7 Å². The van der Waals surface area contributed by atoms with Gasteiger partial charge in [-0.3, -0.25) is 4.79 Å². The summed E-state index contributed by atoms with van der Waals surface area (Å²) in [6.07, 6.45) is 0.683. The maximum Gasteiger partial charge on any atom is 0.253 e. The number of aliphatic hydroxyl groups is 1. The quantitative estimate of drug-likeness (QED) is 0.884. The maximum atomic E-state index is 12.0. The number of rotatable bonds is 5. The Bertz CT molecular complexity index is 437. The average molecular weight is 265 g/mol. The van der Waals surface area contributed by atoms with Gasteiger partial charge in [-0.15, -0.1) is 0 Å². The van der Waals surface area contributed by atoms with Crippen LogP contribution >= 0.6 is 0 Å². The fourth-order valence-corrected chi connectivity index (χ4v) is 1.96. The molecule has 1 amide bonds. The van der Waals surface area contributed by atoms with Crippen LogP contribution in [0.4, 0.5) is 0 Å². The van der Waals surface area contributed by atoms with Crippen molar-refractivity contribution >= 4 is 5.91 Å². The highest BCUT2D eigenvalue weighted by atomic mass is 16.5. The highest BCUT2D eigenvalue weighted by Gasteiger charge is 2.29. The molecule has 0 radical (unpaired) electrons. The van der Waals surface area contributed by atoms with E-state index in [1.807, 2.05) is 31.2 Å². The molecule has 1 N–H and O–H groups in total. The van der Waals surface area contributed by atoms with Crippen molar-refractivity contribution in [2.75, 3.05) is 14.2 Å². The number of benzene rings is 1. The van der Waals surface area contributed by atoms with E-state index in [0.29, 0.717) is 6.42 Å². The van der Waals surface area contributed by atoms with Crippen LogP contribution < -0.4 is 4.74 Å². The van der Waals surface area contributed by atoms with E-state index >= 15 is 0 Å². The van der Waals surface area contributed by atoms with Gasteiger partial charge in [0.1, 0.15) is 11.4 Å². The molecule has 1 unspecified atom stereocenters. The number of carbonyl (C=O) groups excluding carboxylic acids is 1. The summed E-state index contributed by atoms with van der Waals surface area (Å²) < 4.78 is 5.30. The largest absolute Gasteiger partial charge is 0.496 e. The average Bonchev–Trinajstić information content (AvgIpc) is 2.36. The highest BCUT2D eigenvalue weighted by molar-refractivity contribution is 5.84. The molecule has 0 saturated carbocycles. The van der Waals surface area contributed by atoms with Crippen LogP contribution in [0.25, 0.3) is 0 Å². The molecule has 0 aliphatic rings. The van der Waals surface area contributed by atoms with Gasteiger partial charge in [-0.2, -0.15) is 0 Å². The Kier molecular flexibility index (Phi) is 4.95. The molecule has 0 aliphatic carbocycles. The lowest BCUT2D eigenvalue weighted by molar-refractivity contribution is -0.148. The molecule has 1 aromatic carbocycles. The van der Waals surface area contributed by atoms with Crippen molar-refractivity contribution in [2.45, 2.75) is 38.8 Å². The predicted octanol–water partition coefficient (Wildman–Crippen LogP) is 1.86. The summed E-state index contributed by atoms with van der Waals surface area (Å²) in [6.45, 7) is 4.96. The molecule has 1 atom stereocenters. The molecule has 4 heteroatoms. The summed E-state index contributed by atoms with van der Waals surface area (Å²) in [5, 5.41) is 9.76. The second-order valence-electron chi connectivity index (χ2n) is 5.34. The molecule has 0 heterocycles. The zero-order valence-corrected chi connectivity index (χ0v) is 12.3. The van der Waals surface area contributed by atoms with Gasteiger partial charge in [0.25, 0.3) is 5.91 Å². The molecule has 0 fully saturated rings. The molecular formula is C15H23NO3. The fraction of sp³-hybridized carbons (Fsp3) is 0.533. The molecular weight excluding hydrogens is 242 g/mol. The van der Waals surface area contributed by atoms with E-state index in [9.17, 15) is 9.90 Å². The van der Waals surface area contributed by atoms with Crippen molar-refractivity contribution < 1.29 is 14.6 Å². The Morgan fingerprint density at radius 3 is 2.53 bits per heavy atom. The van der Waals surface area contributed by atoms with E-state index in [0.717, 1.165) is 11.3 Å². The third-order valence-electron chi connectivity index (χ3n) is 3.21. The molecule has 106 valence electrons. The van der Waals surface area contributed by atoms with E-state index in [-0.39, 0.29) is 11.9 Å². The van der Waals surface area contributed by atoms with Crippen molar-refractivity contribution in [3.05, 3.63) is 29.8 Å². The van der Waals surface area contributed by atoms with Crippen LogP contribution in [0.3, 0.4) is 0 Å². The maximum absolute atomic E-state index is 12.0. The Balaban J connectivity index is 2.79. The molecule has 0 bridgehead atoms. The van der Waals surface area contributed by atoms with Crippen LogP contribution in [0.15, 0.2) is 24.3 Å². The smallest absolute Gasteiger partial charge is 0.253 e. The minimum absolute atomic E-state index is 0.0183. The molecule has 1 aromatic rings. The minimum Gasteiger partial charge on any atom is -0.496 e. The number of likely N-dealkylation sites (N-methyl/N-ethyl adjacent to an activating group) is 1. The SMILES string of the molecule is COc1ccccc1CC(C)N(C)C(=O)C(C)(C)O. The summed E-state index contributed by atoms with van der Waals surface area (Å²) in [6, 6.07) is 7.73. The number of hydrogen-bond donors (Lipinski definition) is 1. The van der Waals surface area contributed by atoms with Gasteiger partial charge < -0.3 is 14.7 Å². The lowest BCUT2D eigenvalue weighted by Gasteiger charge is -2.30. The standard InChI is InChI=1S/C15H23NO3/c1-11(16(4)14(17)15(2,3)18)10-12-8-6-7-9-13(12)19-5/h6-9,11,18H,10H2,1-5H3. The molecule has 0 saturated heterocycles. The van der Waals surface area contributed by atoms with Crippen LogP contribution in [0.2, 0.25) is 0 Å². The van der Waals surface area contributed by atoms with Gasteiger partial charge in [0.05, 0.1) is 7.11 Å². The highest BCUT2D eigenvalue weighted by Crippen LogP contribution is 2.21. The Morgan fingerprint density at radius 1 is 1.42 bits per heavy atom.